The van der Waals surface area contributed by atoms with E-state index < -0.39 is 0 Å². The molecule has 9 heteroatoms. The molecule has 3 rings (SSSR count). The Balaban J connectivity index is 1.83. The molecule has 8 nitrogen and oxygen atoms in total. The highest BCUT2D eigenvalue weighted by Crippen LogP contribution is 2.27. The molecular formula is C13H12ClN7O. The average Bonchev–Trinajstić information content (AvgIpc) is 2.88. The topological polar surface area (TPSA) is 104 Å². The number of aryl methyl sites for hydroxylation is 1. The first kappa shape index (κ1) is 14.1. The summed E-state index contributed by atoms with van der Waals surface area (Å²) in [7, 11) is 1.81. The number of nitrogens with one attached hydrogen (secondary N) is 1. The van der Waals surface area contributed by atoms with Gasteiger partial charge in [-0.15, -0.1) is 10.2 Å². The predicted octanol–water partition coefficient (Wildman–Crippen LogP) is 2.38. The van der Waals surface area contributed by atoms with Crippen LogP contribution >= 0.6 is 11.6 Å². The maximum atomic E-state index is 5.96. The van der Waals surface area contributed by atoms with Gasteiger partial charge < -0.3 is 15.8 Å². The zero-order chi connectivity index (χ0) is 15.5. The zero-order valence-corrected chi connectivity index (χ0v) is 12.3. The minimum Gasteiger partial charge on any atom is -0.436 e. The summed E-state index contributed by atoms with van der Waals surface area (Å²) in [6, 6.07) is 6.92. The van der Waals surface area contributed by atoms with Gasteiger partial charge in [-0.3, -0.25) is 4.68 Å². The van der Waals surface area contributed by atoms with Crippen LogP contribution in [0.3, 0.4) is 0 Å². The lowest BCUT2D eigenvalue weighted by Crippen LogP contribution is -2.01. The van der Waals surface area contributed by atoms with Crippen LogP contribution in [0.2, 0.25) is 5.15 Å². The summed E-state index contributed by atoms with van der Waals surface area (Å²) < 4.78 is 7.24. The molecular weight excluding hydrogens is 306 g/mol. The first-order valence-electron chi connectivity index (χ1n) is 6.29. The first-order chi connectivity index (χ1) is 10.6. The van der Waals surface area contributed by atoms with Crippen molar-refractivity contribution >= 4 is 28.9 Å². The lowest BCUT2D eigenvalue weighted by atomic mass is 10.3. The molecule has 1 aromatic carbocycles. The molecule has 0 saturated heterocycles. The number of ether oxygens (including phenoxy) is 1. The van der Waals surface area contributed by atoms with Crippen LogP contribution < -0.4 is 15.8 Å². The number of nitrogens with zero attached hydrogens (tertiary/aromatic N) is 5. The molecule has 0 aliphatic rings. The van der Waals surface area contributed by atoms with E-state index in [0.717, 1.165) is 5.69 Å². The lowest BCUT2D eigenvalue weighted by molar-refractivity contribution is 0.459. The number of halogens is 1. The fourth-order valence-corrected chi connectivity index (χ4v) is 1.84. The summed E-state index contributed by atoms with van der Waals surface area (Å²) in [5, 5.41) is 14.7. The molecule has 0 aliphatic heterocycles. The highest BCUT2D eigenvalue weighted by Gasteiger charge is 2.11. The van der Waals surface area contributed by atoms with Crippen molar-refractivity contribution in [3.05, 3.63) is 41.8 Å². The molecule has 0 amide bonds. The number of nitrogen functional groups attached to an aromatic ring is 1. The summed E-state index contributed by atoms with van der Waals surface area (Å²) in [6.45, 7) is 0. The van der Waals surface area contributed by atoms with Crippen LogP contribution in [0, 0.1) is 0 Å². The van der Waals surface area contributed by atoms with Crippen molar-refractivity contribution in [1.29, 1.82) is 0 Å². The molecule has 3 aromatic rings. The second-order valence-corrected chi connectivity index (χ2v) is 4.79. The van der Waals surface area contributed by atoms with Crippen LogP contribution in [0.1, 0.15) is 0 Å². The fraction of sp³-hybridized carbons (Fsp3) is 0.0769. The van der Waals surface area contributed by atoms with Gasteiger partial charge in [-0.1, -0.05) is 17.7 Å². The van der Waals surface area contributed by atoms with Gasteiger partial charge in [0.05, 0.1) is 11.9 Å². The molecule has 0 radical (unpaired) electrons. The minimum atomic E-state index is 0.0548. The van der Waals surface area contributed by atoms with Gasteiger partial charge >= 0.3 is 0 Å². The molecule has 0 aliphatic carbocycles. The van der Waals surface area contributed by atoms with E-state index in [4.69, 9.17) is 22.1 Å². The Hall–Kier alpha value is -2.87. The maximum absolute atomic E-state index is 5.96. The number of rotatable bonds is 4. The molecule has 0 unspecified atom stereocenters. The quantitative estimate of drug-likeness (QED) is 0.712. The standard InChI is InChI=1S/C13H12ClN7O/c1-21-7-9(6-16-21)17-13-18-12(11(14)19-20-13)22-10-4-2-3-8(15)5-10/h2-7H,15H2,1H3,(H,17,18,20). The molecule has 3 N–H and O–H groups in total. The van der Waals surface area contributed by atoms with Crippen LogP contribution in [-0.4, -0.2) is 25.0 Å². The normalized spacial score (nSPS) is 10.5. The zero-order valence-electron chi connectivity index (χ0n) is 11.6. The lowest BCUT2D eigenvalue weighted by Gasteiger charge is -2.07. The summed E-state index contributed by atoms with van der Waals surface area (Å²) in [6.07, 6.45) is 3.41. The van der Waals surface area contributed by atoms with Gasteiger partial charge in [-0.25, -0.2) is 0 Å². The summed E-state index contributed by atoms with van der Waals surface area (Å²) in [4.78, 5) is 4.19. The molecule has 112 valence electrons. The van der Waals surface area contributed by atoms with E-state index in [0.29, 0.717) is 11.4 Å². The minimum absolute atomic E-state index is 0.0548. The molecule has 0 bridgehead atoms. The molecule has 0 fully saturated rings. The van der Waals surface area contributed by atoms with E-state index in [9.17, 15) is 0 Å². The van der Waals surface area contributed by atoms with E-state index in [-0.39, 0.29) is 17.0 Å². The van der Waals surface area contributed by atoms with Crippen LogP contribution in [0.15, 0.2) is 36.7 Å². The van der Waals surface area contributed by atoms with Gasteiger partial charge in [0.25, 0.3) is 11.8 Å². The van der Waals surface area contributed by atoms with Gasteiger partial charge in [-0.05, 0) is 12.1 Å². The highest BCUT2D eigenvalue weighted by atomic mass is 35.5. The average molecular weight is 318 g/mol. The Morgan fingerprint density at radius 1 is 1.32 bits per heavy atom. The van der Waals surface area contributed by atoms with E-state index in [1.54, 1.807) is 48.4 Å². The Bertz CT molecular complexity index is 805. The van der Waals surface area contributed by atoms with Crippen molar-refractivity contribution < 1.29 is 4.74 Å². The van der Waals surface area contributed by atoms with E-state index in [1.165, 1.54) is 0 Å². The van der Waals surface area contributed by atoms with Gasteiger partial charge in [0.1, 0.15) is 5.75 Å². The summed E-state index contributed by atoms with van der Waals surface area (Å²) >= 11 is 5.96. The Kier molecular flexibility index (Phi) is 3.75. The van der Waals surface area contributed by atoms with Crippen molar-refractivity contribution in [2.45, 2.75) is 0 Å². The monoisotopic (exact) mass is 317 g/mol. The smallest absolute Gasteiger partial charge is 0.262 e. The third-order valence-corrected chi connectivity index (χ3v) is 2.89. The van der Waals surface area contributed by atoms with E-state index in [1.807, 2.05) is 0 Å². The third kappa shape index (κ3) is 3.23. The Morgan fingerprint density at radius 2 is 2.18 bits per heavy atom. The molecule has 0 saturated carbocycles. The van der Waals surface area contributed by atoms with Crippen LogP contribution in [-0.2, 0) is 7.05 Å². The second-order valence-electron chi connectivity index (χ2n) is 4.43. The number of nitrogens with two attached hydrogens (primary N) is 1. The van der Waals surface area contributed by atoms with Gasteiger partial charge in [0.15, 0.2) is 0 Å². The number of hydrogen-bond acceptors (Lipinski definition) is 7. The SMILES string of the molecule is Cn1cc(Nc2nnc(Cl)c(Oc3cccc(N)c3)n2)cn1. The van der Waals surface area contributed by atoms with Crippen molar-refractivity contribution in [1.82, 2.24) is 25.0 Å². The molecule has 0 spiro atoms. The largest absolute Gasteiger partial charge is 0.436 e. The highest BCUT2D eigenvalue weighted by molar-refractivity contribution is 6.30. The maximum Gasteiger partial charge on any atom is 0.262 e. The number of benzene rings is 1. The summed E-state index contributed by atoms with van der Waals surface area (Å²) in [5.74, 6) is 0.889. The molecule has 0 atom stereocenters. The first-order valence-corrected chi connectivity index (χ1v) is 6.67. The van der Waals surface area contributed by atoms with Gasteiger partial charge in [-0.2, -0.15) is 10.1 Å². The van der Waals surface area contributed by atoms with E-state index in [2.05, 4.69) is 25.6 Å². The van der Waals surface area contributed by atoms with Gasteiger partial charge in [0, 0.05) is 25.0 Å². The third-order valence-electron chi connectivity index (χ3n) is 2.65. The fourth-order valence-electron chi connectivity index (χ4n) is 1.72. The van der Waals surface area contributed by atoms with Crippen LogP contribution in [0.5, 0.6) is 11.6 Å². The molecule has 2 heterocycles. The molecule has 2 aromatic heterocycles. The van der Waals surface area contributed by atoms with Crippen LogP contribution in [0.25, 0.3) is 0 Å². The van der Waals surface area contributed by atoms with Crippen molar-refractivity contribution in [2.24, 2.45) is 7.05 Å². The van der Waals surface area contributed by atoms with Crippen LogP contribution in [0.4, 0.5) is 17.3 Å². The number of hydrogen-bond donors (Lipinski definition) is 2. The number of aromatic nitrogens is 5. The van der Waals surface area contributed by atoms with Gasteiger partial charge in [0.2, 0.25) is 5.15 Å². The Morgan fingerprint density at radius 3 is 2.91 bits per heavy atom. The van der Waals surface area contributed by atoms with Crippen molar-refractivity contribution in [3.63, 3.8) is 0 Å². The van der Waals surface area contributed by atoms with E-state index >= 15 is 0 Å². The molecule has 22 heavy (non-hydrogen) atoms. The Labute approximate surface area is 130 Å². The van der Waals surface area contributed by atoms with Crippen molar-refractivity contribution in [3.8, 4) is 11.6 Å². The predicted molar refractivity (Wildman–Crippen MR) is 82.3 cm³/mol. The summed E-state index contributed by atoms with van der Waals surface area (Å²) in [5.41, 5.74) is 7.00. The number of anilines is 3. The van der Waals surface area contributed by atoms with Crippen molar-refractivity contribution in [2.75, 3.05) is 11.1 Å². The second kappa shape index (κ2) is 5.86.